The van der Waals surface area contributed by atoms with Crippen molar-refractivity contribution in [2.75, 3.05) is 63.2 Å². The minimum Gasteiger partial charge on any atom is -0.367 e. The molecule has 0 unspecified atom stereocenters. The van der Waals surface area contributed by atoms with Crippen LogP contribution in [0.5, 0.6) is 0 Å². The average Bonchev–Trinajstić information content (AvgIpc) is 3.65. The fraction of sp³-hybridized carbons (Fsp3) is 0.515. The molecule has 4 aromatic rings. The summed E-state index contributed by atoms with van der Waals surface area (Å²) in [7, 11) is -1.78. The molecule has 2 aliphatic rings. The number of likely N-dealkylation sites (tertiary alicyclic amines) is 1. The summed E-state index contributed by atoms with van der Waals surface area (Å²) in [6.07, 6.45) is -2.50. The van der Waals surface area contributed by atoms with E-state index in [-0.39, 0.29) is 17.5 Å². The number of alkyl halides is 3. The molecule has 0 saturated carbocycles. The molecule has 2 aliphatic heterocycles. The van der Waals surface area contributed by atoms with Gasteiger partial charge in [-0.25, -0.2) is 13.4 Å². The summed E-state index contributed by atoms with van der Waals surface area (Å²) in [6, 6.07) is 11.4. The fourth-order valence-electron chi connectivity index (χ4n) is 6.94. The summed E-state index contributed by atoms with van der Waals surface area (Å²) in [4.78, 5) is 14.1. The first kappa shape index (κ1) is 35.8. The van der Waals surface area contributed by atoms with Crippen LogP contribution < -0.4 is 10.6 Å². The Hall–Kier alpha value is -4.00. The van der Waals surface area contributed by atoms with Crippen LogP contribution in [0.25, 0.3) is 21.1 Å². The van der Waals surface area contributed by atoms with Gasteiger partial charge in [0, 0.05) is 81.2 Å². The molecule has 0 bridgehead atoms. The zero-order chi connectivity index (χ0) is 35.8. The van der Waals surface area contributed by atoms with Crippen molar-refractivity contribution in [2.45, 2.75) is 57.5 Å². The highest BCUT2D eigenvalue weighted by atomic mass is 32.2. The number of aryl methyl sites for hydroxylation is 1. The lowest BCUT2D eigenvalue weighted by Crippen LogP contribution is -2.54. The molecule has 12 nitrogen and oxygen atoms in total. The molecule has 0 radical (unpaired) electrons. The molecule has 0 spiro atoms. The molecule has 2 N–H and O–H groups in total. The first-order valence-corrected chi connectivity index (χ1v) is 19.1. The van der Waals surface area contributed by atoms with Crippen molar-refractivity contribution in [3.05, 3.63) is 46.0 Å². The maximum Gasteiger partial charge on any atom is 0.393 e. The molecule has 50 heavy (non-hydrogen) atoms. The van der Waals surface area contributed by atoms with Crippen molar-refractivity contribution in [3.8, 4) is 12.1 Å². The van der Waals surface area contributed by atoms with Gasteiger partial charge in [0.25, 0.3) is 0 Å². The number of hydrogen-bond acceptors (Lipinski definition) is 11. The van der Waals surface area contributed by atoms with E-state index in [0.717, 1.165) is 66.5 Å². The molecular weight excluding hydrogens is 690 g/mol. The highest BCUT2D eigenvalue weighted by Gasteiger charge is 2.33. The Morgan fingerprint density at radius 3 is 2.46 bits per heavy atom. The predicted molar refractivity (Wildman–Crippen MR) is 187 cm³/mol. The van der Waals surface area contributed by atoms with Gasteiger partial charge in [0.1, 0.15) is 28.5 Å². The highest BCUT2D eigenvalue weighted by Crippen LogP contribution is 2.35. The first-order chi connectivity index (χ1) is 23.8. The topological polar surface area (TPSA) is 146 Å². The molecule has 2 fully saturated rings. The van der Waals surface area contributed by atoms with Gasteiger partial charge in [-0.3, -0.25) is 9.80 Å². The molecular formula is C33H39F3N10O2S2. The molecule has 6 rings (SSSR count). The number of nitrogens with zero attached hydrogens (tertiary/aromatic N) is 8. The maximum atomic E-state index is 13.1. The van der Waals surface area contributed by atoms with Gasteiger partial charge >= 0.3 is 6.18 Å². The van der Waals surface area contributed by atoms with Crippen molar-refractivity contribution >= 4 is 54.2 Å². The van der Waals surface area contributed by atoms with Crippen LogP contribution in [0.15, 0.2) is 24.3 Å². The number of benzene rings is 1. The van der Waals surface area contributed by atoms with Crippen LogP contribution in [-0.2, 0) is 29.5 Å². The van der Waals surface area contributed by atoms with E-state index < -0.39 is 28.7 Å². The smallest absolute Gasteiger partial charge is 0.367 e. The van der Waals surface area contributed by atoms with E-state index in [0.29, 0.717) is 53.9 Å². The van der Waals surface area contributed by atoms with Gasteiger partial charge < -0.3 is 15.2 Å². The third kappa shape index (κ3) is 7.82. The Balaban J connectivity index is 1.09. The van der Waals surface area contributed by atoms with Crippen molar-refractivity contribution in [1.29, 1.82) is 10.5 Å². The predicted octanol–water partition coefficient (Wildman–Crippen LogP) is 4.52. The zero-order valence-corrected chi connectivity index (χ0v) is 29.7. The number of piperazine rings is 1. The second kappa shape index (κ2) is 14.3. The SMILES string of the molecule is CNc1nc(NC2CCN(Cc3ccc4c(cc(C#N)n4CCN4CCN(S(C)(=O)=O)[C@H](C#N)C4)c3C)CC2)c2cc(CC(F)(F)F)sc2n1. The Bertz CT molecular complexity index is 2080. The molecule has 2 saturated heterocycles. The Morgan fingerprint density at radius 1 is 1.04 bits per heavy atom. The maximum absolute atomic E-state index is 13.1. The molecule has 266 valence electrons. The van der Waals surface area contributed by atoms with E-state index in [2.05, 4.69) is 61.6 Å². The number of halogens is 3. The zero-order valence-electron chi connectivity index (χ0n) is 28.1. The van der Waals surface area contributed by atoms with Gasteiger partial charge in [-0.05, 0) is 49.1 Å². The van der Waals surface area contributed by atoms with Crippen LogP contribution in [0.2, 0.25) is 0 Å². The number of fused-ring (bicyclic) bond motifs is 2. The minimum atomic E-state index is -4.30. The number of aromatic nitrogens is 3. The van der Waals surface area contributed by atoms with E-state index in [1.54, 1.807) is 13.1 Å². The molecule has 0 amide bonds. The van der Waals surface area contributed by atoms with Gasteiger partial charge in [0.05, 0.1) is 24.1 Å². The Morgan fingerprint density at radius 2 is 1.80 bits per heavy atom. The lowest BCUT2D eigenvalue weighted by atomic mass is 10.0. The Kier molecular flexibility index (Phi) is 10.3. The largest absolute Gasteiger partial charge is 0.393 e. The molecule has 3 aromatic heterocycles. The highest BCUT2D eigenvalue weighted by molar-refractivity contribution is 7.88. The summed E-state index contributed by atoms with van der Waals surface area (Å²) in [5.41, 5.74) is 3.79. The second-order valence-corrected chi connectivity index (χ2v) is 16.0. The van der Waals surface area contributed by atoms with Gasteiger partial charge in [0.2, 0.25) is 16.0 Å². The van der Waals surface area contributed by atoms with E-state index in [1.807, 2.05) is 10.6 Å². The number of sulfonamides is 1. The lowest BCUT2D eigenvalue weighted by molar-refractivity contribution is -0.126. The monoisotopic (exact) mass is 728 g/mol. The van der Waals surface area contributed by atoms with E-state index in [9.17, 15) is 32.1 Å². The lowest BCUT2D eigenvalue weighted by Gasteiger charge is -2.36. The minimum absolute atomic E-state index is 0.105. The van der Waals surface area contributed by atoms with Crippen molar-refractivity contribution in [3.63, 3.8) is 0 Å². The summed E-state index contributed by atoms with van der Waals surface area (Å²) in [6.45, 7) is 6.67. The van der Waals surface area contributed by atoms with Gasteiger partial charge in [0.15, 0.2) is 0 Å². The van der Waals surface area contributed by atoms with E-state index in [4.69, 9.17) is 0 Å². The van der Waals surface area contributed by atoms with E-state index in [1.165, 1.54) is 9.87 Å². The number of thiophene rings is 1. The van der Waals surface area contributed by atoms with Crippen molar-refractivity contribution in [2.24, 2.45) is 0 Å². The fourth-order valence-corrected chi connectivity index (χ4v) is 8.99. The summed E-state index contributed by atoms with van der Waals surface area (Å²) in [5.74, 6) is 0.903. The van der Waals surface area contributed by atoms with Gasteiger partial charge in [-0.1, -0.05) is 6.07 Å². The molecule has 1 aromatic carbocycles. The summed E-state index contributed by atoms with van der Waals surface area (Å²) < 4.78 is 66.6. The normalized spacial score (nSPS) is 18.8. The van der Waals surface area contributed by atoms with E-state index >= 15 is 0 Å². The van der Waals surface area contributed by atoms with Crippen molar-refractivity contribution < 1.29 is 21.6 Å². The molecule has 0 aliphatic carbocycles. The number of hydrogen-bond donors (Lipinski definition) is 2. The van der Waals surface area contributed by atoms with Crippen molar-refractivity contribution in [1.82, 2.24) is 28.6 Å². The first-order valence-electron chi connectivity index (χ1n) is 16.4. The summed E-state index contributed by atoms with van der Waals surface area (Å²) >= 11 is 1.04. The molecule has 17 heteroatoms. The number of anilines is 2. The quantitative estimate of drug-likeness (QED) is 0.239. The Labute approximate surface area is 293 Å². The van der Waals surface area contributed by atoms with Crippen LogP contribution in [0.3, 0.4) is 0 Å². The van der Waals surface area contributed by atoms with Gasteiger partial charge in [-0.2, -0.15) is 33.0 Å². The second-order valence-electron chi connectivity index (χ2n) is 13.0. The standard InChI is InChI=1S/C33H39F3N10O2S2/c1-21-22(4-5-29-27(21)14-24(17-37)45(29)12-10-44-11-13-46(50(3,47)48)25(18-38)20-44)19-43-8-6-23(7-9-43)40-30-28-15-26(16-33(34,35)36)49-31(28)42-32(39-2)41-30/h4-5,14-15,23,25H,6-13,16,19-20H2,1-3H3,(H2,39,40,41,42)/t25-/m1/s1. The molecule has 1 atom stereocenters. The van der Waals surface area contributed by atoms with Gasteiger partial charge in [-0.15, -0.1) is 11.3 Å². The summed E-state index contributed by atoms with van der Waals surface area (Å²) in [5, 5.41) is 27.6. The van der Waals surface area contributed by atoms with Crippen LogP contribution in [-0.4, -0.2) is 108 Å². The third-order valence-electron chi connectivity index (χ3n) is 9.58. The molecule has 5 heterocycles. The number of nitrogens with one attached hydrogen (secondary N) is 2. The van der Waals surface area contributed by atoms with Crippen LogP contribution in [0.4, 0.5) is 24.9 Å². The number of piperidine rings is 1. The van der Waals surface area contributed by atoms with Crippen LogP contribution in [0, 0.1) is 29.6 Å². The number of rotatable bonds is 10. The van der Waals surface area contributed by atoms with Crippen LogP contribution in [0.1, 0.15) is 34.5 Å². The van der Waals surface area contributed by atoms with Crippen LogP contribution >= 0.6 is 11.3 Å². The number of nitriles is 2. The third-order valence-corrected chi connectivity index (χ3v) is 11.9. The average molecular weight is 729 g/mol.